The smallest absolute Gasteiger partial charge is 0.195 e. The van der Waals surface area contributed by atoms with Gasteiger partial charge in [-0.05, 0) is 48.9 Å². The molecule has 0 unspecified atom stereocenters. The van der Waals surface area contributed by atoms with E-state index in [2.05, 4.69) is 17.1 Å². The predicted molar refractivity (Wildman–Crippen MR) is 108 cm³/mol. The number of rotatable bonds is 7. The summed E-state index contributed by atoms with van der Waals surface area (Å²) in [5.74, 6) is 2.40. The summed E-state index contributed by atoms with van der Waals surface area (Å²) in [5.41, 5.74) is 9.03. The SMILES string of the molecule is NCCc1c(OCc2cccc(Oc3ccccc3)c2)[nH]c2ccccc12. The van der Waals surface area contributed by atoms with Gasteiger partial charge in [0.15, 0.2) is 5.88 Å². The normalized spacial score (nSPS) is 10.9. The second-order valence-electron chi connectivity index (χ2n) is 6.37. The maximum atomic E-state index is 6.10. The number of H-pyrrole nitrogens is 1. The highest BCUT2D eigenvalue weighted by Gasteiger charge is 2.12. The zero-order chi connectivity index (χ0) is 18.5. The molecule has 0 atom stereocenters. The minimum atomic E-state index is 0.455. The van der Waals surface area contributed by atoms with E-state index in [0.29, 0.717) is 13.2 Å². The molecule has 27 heavy (non-hydrogen) atoms. The van der Waals surface area contributed by atoms with Crippen molar-refractivity contribution in [2.75, 3.05) is 6.54 Å². The van der Waals surface area contributed by atoms with Gasteiger partial charge in [0, 0.05) is 16.5 Å². The van der Waals surface area contributed by atoms with Crippen LogP contribution in [0.3, 0.4) is 0 Å². The quantitative estimate of drug-likeness (QED) is 0.486. The Kier molecular flexibility index (Phi) is 5.08. The molecule has 0 aliphatic rings. The minimum absolute atomic E-state index is 0.455. The predicted octanol–water partition coefficient (Wildman–Crippen LogP) is 5.04. The van der Waals surface area contributed by atoms with Crippen LogP contribution in [0.1, 0.15) is 11.1 Å². The molecule has 3 N–H and O–H groups in total. The van der Waals surface area contributed by atoms with Gasteiger partial charge in [-0.3, -0.25) is 0 Å². The van der Waals surface area contributed by atoms with Gasteiger partial charge in [0.25, 0.3) is 0 Å². The first-order chi connectivity index (χ1) is 13.3. The molecule has 4 nitrogen and oxygen atoms in total. The number of benzene rings is 3. The zero-order valence-corrected chi connectivity index (χ0v) is 15.0. The van der Waals surface area contributed by atoms with Crippen molar-refractivity contribution in [1.29, 1.82) is 0 Å². The maximum absolute atomic E-state index is 6.10. The molecule has 1 heterocycles. The molecule has 0 spiro atoms. The van der Waals surface area contributed by atoms with Crippen LogP contribution in [0, 0.1) is 0 Å². The highest BCUT2D eigenvalue weighted by atomic mass is 16.5. The maximum Gasteiger partial charge on any atom is 0.195 e. The minimum Gasteiger partial charge on any atom is -0.474 e. The number of aromatic nitrogens is 1. The summed E-state index contributed by atoms with van der Waals surface area (Å²) in [4.78, 5) is 3.36. The number of hydrogen-bond acceptors (Lipinski definition) is 3. The first-order valence-corrected chi connectivity index (χ1v) is 9.08. The monoisotopic (exact) mass is 358 g/mol. The summed E-state index contributed by atoms with van der Waals surface area (Å²) in [5, 5.41) is 1.17. The average Bonchev–Trinajstić information content (AvgIpc) is 3.06. The number of nitrogens with two attached hydrogens (primary N) is 1. The van der Waals surface area contributed by atoms with Gasteiger partial charge in [0.1, 0.15) is 18.1 Å². The van der Waals surface area contributed by atoms with Crippen molar-refractivity contribution in [1.82, 2.24) is 4.98 Å². The standard InChI is InChI=1S/C23H22N2O2/c24-14-13-21-20-11-4-5-12-22(20)25-23(21)26-16-17-7-6-10-19(15-17)27-18-8-2-1-3-9-18/h1-12,15,25H,13-14,16,24H2. The largest absolute Gasteiger partial charge is 0.474 e. The molecule has 0 bridgehead atoms. The van der Waals surface area contributed by atoms with Gasteiger partial charge in [-0.15, -0.1) is 0 Å². The van der Waals surface area contributed by atoms with Crippen molar-refractivity contribution in [2.24, 2.45) is 5.73 Å². The zero-order valence-electron chi connectivity index (χ0n) is 15.0. The number of hydrogen-bond donors (Lipinski definition) is 2. The number of nitrogens with one attached hydrogen (secondary N) is 1. The van der Waals surface area contributed by atoms with E-state index in [0.717, 1.165) is 40.4 Å². The summed E-state index contributed by atoms with van der Waals surface area (Å²) in [6.45, 7) is 1.04. The molecule has 0 amide bonds. The van der Waals surface area contributed by atoms with Crippen molar-refractivity contribution in [2.45, 2.75) is 13.0 Å². The summed E-state index contributed by atoms with van der Waals surface area (Å²) in [6, 6.07) is 25.9. The van der Waals surface area contributed by atoms with Gasteiger partial charge in [0.2, 0.25) is 0 Å². The van der Waals surface area contributed by atoms with E-state index in [1.807, 2.05) is 66.7 Å². The summed E-state index contributed by atoms with van der Waals surface area (Å²) in [6.07, 6.45) is 0.774. The lowest BCUT2D eigenvalue weighted by Gasteiger charge is -2.10. The Hall–Kier alpha value is -3.24. The van der Waals surface area contributed by atoms with Crippen molar-refractivity contribution >= 4 is 10.9 Å². The molecule has 0 aliphatic heterocycles. The molecule has 0 fully saturated rings. The van der Waals surface area contributed by atoms with E-state index in [9.17, 15) is 0 Å². The molecule has 3 aromatic carbocycles. The van der Waals surface area contributed by atoms with Crippen LogP contribution in [0.5, 0.6) is 17.4 Å². The van der Waals surface area contributed by atoms with Gasteiger partial charge < -0.3 is 20.2 Å². The van der Waals surface area contributed by atoms with Gasteiger partial charge in [-0.25, -0.2) is 0 Å². The van der Waals surface area contributed by atoms with E-state index in [1.165, 1.54) is 5.39 Å². The third-order valence-electron chi connectivity index (χ3n) is 4.43. The van der Waals surface area contributed by atoms with E-state index < -0.39 is 0 Å². The average molecular weight is 358 g/mol. The molecule has 0 radical (unpaired) electrons. The topological polar surface area (TPSA) is 60.3 Å². The number of fused-ring (bicyclic) bond motifs is 1. The van der Waals surface area contributed by atoms with Crippen LogP contribution >= 0.6 is 0 Å². The van der Waals surface area contributed by atoms with E-state index in [1.54, 1.807) is 0 Å². The molecule has 136 valence electrons. The van der Waals surface area contributed by atoms with Crippen LogP contribution in [0.15, 0.2) is 78.9 Å². The molecule has 4 aromatic rings. The molecule has 0 aliphatic carbocycles. The number of ether oxygens (including phenoxy) is 2. The van der Waals surface area contributed by atoms with Crippen molar-refractivity contribution in [3.63, 3.8) is 0 Å². The Morgan fingerprint density at radius 1 is 0.815 bits per heavy atom. The van der Waals surface area contributed by atoms with Gasteiger partial charge in [0.05, 0.1) is 0 Å². The lowest BCUT2D eigenvalue weighted by molar-refractivity contribution is 0.293. The third kappa shape index (κ3) is 3.96. The Bertz CT molecular complexity index is 1020. The summed E-state index contributed by atoms with van der Waals surface area (Å²) >= 11 is 0. The molecule has 0 saturated heterocycles. The first-order valence-electron chi connectivity index (χ1n) is 9.08. The van der Waals surface area contributed by atoms with E-state index >= 15 is 0 Å². The number of para-hydroxylation sites is 2. The van der Waals surface area contributed by atoms with Crippen molar-refractivity contribution in [3.8, 4) is 17.4 Å². The second-order valence-corrected chi connectivity index (χ2v) is 6.37. The first kappa shape index (κ1) is 17.2. The molecular weight excluding hydrogens is 336 g/mol. The van der Waals surface area contributed by atoms with Crippen LogP contribution in [0.4, 0.5) is 0 Å². The Morgan fingerprint density at radius 2 is 1.59 bits per heavy atom. The fourth-order valence-corrected chi connectivity index (χ4v) is 3.17. The van der Waals surface area contributed by atoms with E-state index in [4.69, 9.17) is 15.2 Å². The van der Waals surface area contributed by atoms with Crippen molar-refractivity contribution in [3.05, 3.63) is 90.0 Å². The summed E-state index contributed by atoms with van der Waals surface area (Å²) < 4.78 is 12.0. The Morgan fingerprint density at radius 3 is 2.44 bits per heavy atom. The van der Waals surface area contributed by atoms with Crippen molar-refractivity contribution < 1.29 is 9.47 Å². The van der Waals surface area contributed by atoms with Gasteiger partial charge in [-0.1, -0.05) is 48.5 Å². The molecular formula is C23H22N2O2. The van der Waals surface area contributed by atoms with E-state index in [-0.39, 0.29) is 0 Å². The van der Waals surface area contributed by atoms with Crippen LogP contribution in [0.25, 0.3) is 10.9 Å². The molecule has 1 aromatic heterocycles. The lowest BCUT2D eigenvalue weighted by atomic mass is 10.1. The third-order valence-corrected chi connectivity index (χ3v) is 4.43. The fraction of sp³-hybridized carbons (Fsp3) is 0.130. The fourth-order valence-electron chi connectivity index (χ4n) is 3.17. The highest BCUT2D eigenvalue weighted by molar-refractivity contribution is 5.85. The number of aromatic amines is 1. The van der Waals surface area contributed by atoms with Crippen LogP contribution in [0.2, 0.25) is 0 Å². The Labute approximate surface area is 158 Å². The summed E-state index contributed by atoms with van der Waals surface area (Å²) in [7, 11) is 0. The second kappa shape index (κ2) is 7.98. The van der Waals surface area contributed by atoms with Crippen LogP contribution < -0.4 is 15.2 Å². The molecule has 0 saturated carbocycles. The molecule has 4 rings (SSSR count). The lowest BCUT2D eigenvalue weighted by Crippen LogP contribution is -2.04. The molecule has 4 heteroatoms. The van der Waals surface area contributed by atoms with Gasteiger partial charge in [-0.2, -0.15) is 0 Å². The van der Waals surface area contributed by atoms with Crippen LogP contribution in [-0.2, 0) is 13.0 Å². The highest BCUT2D eigenvalue weighted by Crippen LogP contribution is 2.29. The van der Waals surface area contributed by atoms with Gasteiger partial charge >= 0.3 is 0 Å². The van der Waals surface area contributed by atoms with Crippen LogP contribution in [-0.4, -0.2) is 11.5 Å². The Balaban J connectivity index is 1.51.